The van der Waals surface area contributed by atoms with Crippen LogP contribution in [0.15, 0.2) is 48.7 Å². The number of hydrogen-bond donors (Lipinski definition) is 1. The molecule has 4 rings (SSSR count). The highest BCUT2D eigenvalue weighted by Crippen LogP contribution is 2.49. The Labute approximate surface area is 157 Å². The molecule has 0 unspecified atom stereocenters. The summed E-state index contributed by atoms with van der Waals surface area (Å²) in [6.07, 6.45) is 4.00. The lowest BCUT2D eigenvalue weighted by molar-refractivity contribution is -0.149. The van der Waals surface area contributed by atoms with Crippen molar-refractivity contribution in [2.45, 2.75) is 25.9 Å². The van der Waals surface area contributed by atoms with Crippen molar-refractivity contribution in [3.63, 3.8) is 0 Å². The number of likely N-dealkylation sites (tertiary alicyclic amines) is 1. The molecule has 2 heterocycles. The average molecular weight is 366 g/mol. The number of carbonyl (C=O) groups is 2. The molecule has 1 aromatic heterocycles. The third kappa shape index (κ3) is 3.27. The summed E-state index contributed by atoms with van der Waals surface area (Å²) in [5.74, 6) is -0.495. The number of benzene rings is 1. The molecule has 2 aromatic rings. The van der Waals surface area contributed by atoms with Gasteiger partial charge in [0.15, 0.2) is 0 Å². The Hall–Kier alpha value is -2.89. The van der Waals surface area contributed by atoms with Gasteiger partial charge in [0.2, 0.25) is 5.88 Å². The molecule has 1 saturated heterocycles. The maximum atomic E-state index is 12.9. The van der Waals surface area contributed by atoms with E-state index in [-0.39, 0.29) is 18.4 Å². The van der Waals surface area contributed by atoms with E-state index in [0.29, 0.717) is 31.0 Å². The first-order valence-corrected chi connectivity index (χ1v) is 9.24. The summed E-state index contributed by atoms with van der Waals surface area (Å²) in [5.41, 5.74) is 0.732. The Balaban J connectivity index is 1.46. The summed E-state index contributed by atoms with van der Waals surface area (Å²) in [5, 5.41) is 9.70. The maximum Gasteiger partial charge on any atom is 0.311 e. The van der Waals surface area contributed by atoms with Crippen LogP contribution in [0.5, 0.6) is 5.88 Å². The second kappa shape index (κ2) is 7.02. The van der Waals surface area contributed by atoms with E-state index in [4.69, 9.17) is 4.74 Å². The number of amides is 1. The Morgan fingerprint density at radius 1 is 1.26 bits per heavy atom. The zero-order chi connectivity index (χ0) is 18.9. The van der Waals surface area contributed by atoms with E-state index < -0.39 is 11.4 Å². The molecular formula is C21H22N2O4. The molecule has 0 bridgehead atoms. The van der Waals surface area contributed by atoms with E-state index in [1.54, 1.807) is 23.2 Å². The van der Waals surface area contributed by atoms with Gasteiger partial charge in [-0.05, 0) is 30.4 Å². The zero-order valence-corrected chi connectivity index (χ0v) is 15.0. The first-order chi connectivity index (χ1) is 13.1. The minimum atomic E-state index is -0.776. The van der Waals surface area contributed by atoms with Crippen LogP contribution in [0.25, 0.3) is 0 Å². The van der Waals surface area contributed by atoms with E-state index in [2.05, 4.69) is 4.98 Å². The largest absolute Gasteiger partial charge is 0.481 e. The highest BCUT2D eigenvalue weighted by molar-refractivity contribution is 5.95. The van der Waals surface area contributed by atoms with Gasteiger partial charge in [-0.1, -0.05) is 36.8 Å². The van der Waals surface area contributed by atoms with Gasteiger partial charge in [0.1, 0.15) is 6.61 Å². The van der Waals surface area contributed by atoms with Crippen LogP contribution in [0.3, 0.4) is 0 Å². The van der Waals surface area contributed by atoms with Gasteiger partial charge < -0.3 is 14.7 Å². The lowest BCUT2D eigenvalue weighted by atomic mass is 9.81. The van der Waals surface area contributed by atoms with E-state index >= 15 is 0 Å². The van der Waals surface area contributed by atoms with Gasteiger partial charge in [-0.25, -0.2) is 4.98 Å². The second-order valence-corrected chi connectivity index (χ2v) is 7.39. The van der Waals surface area contributed by atoms with Crippen molar-refractivity contribution in [3.05, 3.63) is 59.8 Å². The van der Waals surface area contributed by atoms with Crippen molar-refractivity contribution < 1.29 is 19.4 Å². The maximum absolute atomic E-state index is 12.9. The minimum Gasteiger partial charge on any atom is -0.481 e. The Morgan fingerprint density at radius 2 is 2.07 bits per heavy atom. The molecule has 1 aliphatic heterocycles. The molecule has 6 nitrogen and oxygen atoms in total. The number of aromatic nitrogens is 1. The summed E-state index contributed by atoms with van der Waals surface area (Å²) in [6.45, 7) is 1.17. The molecule has 2 aliphatic rings. The topological polar surface area (TPSA) is 79.7 Å². The van der Waals surface area contributed by atoms with Gasteiger partial charge in [-0.2, -0.15) is 0 Å². The summed E-state index contributed by atoms with van der Waals surface area (Å²) >= 11 is 0. The quantitative estimate of drug-likeness (QED) is 0.880. The van der Waals surface area contributed by atoms with Crippen molar-refractivity contribution in [1.29, 1.82) is 0 Å². The molecule has 1 aromatic carbocycles. The van der Waals surface area contributed by atoms with Crippen LogP contribution in [0, 0.1) is 11.3 Å². The van der Waals surface area contributed by atoms with Gasteiger partial charge in [-0.3, -0.25) is 9.59 Å². The van der Waals surface area contributed by atoms with Gasteiger partial charge in [-0.15, -0.1) is 0 Å². The minimum absolute atomic E-state index is 0.0505. The van der Waals surface area contributed by atoms with Crippen molar-refractivity contribution in [2.75, 3.05) is 13.1 Å². The van der Waals surface area contributed by atoms with Gasteiger partial charge in [0, 0.05) is 30.9 Å². The summed E-state index contributed by atoms with van der Waals surface area (Å²) in [6, 6.07) is 13.0. The van der Waals surface area contributed by atoms with Crippen LogP contribution in [0.2, 0.25) is 0 Å². The van der Waals surface area contributed by atoms with Crippen molar-refractivity contribution >= 4 is 11.9 Å². The van der Waals surface area contributed by atoms with Gasteiger partial charge in [0.05, 0.1) is 5.41 Å². The first kappa shape index (κ1) is 17.5. The molecule has 0 radical (unpaired) electrons. The normalized spacial score (nSPS) is 23.9. The average Bonchev–Trinajstić information content (AvgIpc) is 3.25. The SMILES string of the molecule is O=C(c1ccnc(OCc2ccccc2)c1)N1C[C@@H]2CCC[C@@]2(C(=O)O)C1. The van der Waals surface area contributed by atoms with Crippen LogP contribution in [0.4, 0.5) is 0 Å². The van der Waals surface area contributed by atoms with E-state index in [1.165, 1.54) is 0 Å². The van der Waals surface area contributed by atoms with Crippen LogP contribution in [-0.4, -0.2) is 40.0 Å². The third-order valence-corrected chi connectivity index (χ3v) is 5.80. The second-order valence-electron chi connectivity index (χ2n) is 7.39. The fourth-order valence-corrected chi connectivity index (χ4v) is 4.33. The first-order valence-electron chi connectivity index (χ1n) is 9.24. The van der Waals surface area contributed by atoms with Gasteiger partial charge >= 0.3 is 5.97 Å². The number of rotatable bonds is 5. The molecule has 0 spiro atoms. The molecule has 1 aliphatic carbocycles. The number of ether oxygens (including phenoxy) is 1. The molecule has 1 N–H and O–H groups in total. The third-order valence-electron chi connectivity index (χ3n) is 5.80. The lowest BCUT2D eigenvalue weighted by Crippen LogP contribution is -2.37. The number of fused-ring (bicyclic) bond motifs is 1. The number of nitrogens with zero attached hydrogens (tertiary/aromatic N) is 2. The lowest BCUT2D eigenvalue weighted by Gasteiger charge is -2.23. The molecule has 140 valence electrons. The highest BCUT2D eigenvalue weighted by atomic mass is 16.5. The number of carbonyl (C=O) groups excluding carboxylic acids is 1. The Bertz CT molecular complexity index is 854. The van der Waals surface area contributed by atoms with Crippen LogP contribution < -0.4 is 4.74 Å². The van der Waals surface area contributed by atoms with Crippen molar-refractivity contribution in [2.24, 2.45) is 11.3 Å². The number of carboxylic acids is 1. The van der Waals surface area contributed by atoms with Crippen LogP contribution in [0.1, 0.15) is 35.2 Å². The summed E-state index contributed by atoms with van der Waals surface area (Å²) in [4.78, 5) is 30.6. The fraction of sp³-hybridized carbons (Fsp3) is 0.381. The monoisotopic (exact) mass is 366 g/mol. The van der Waals surface area contributed by atoms with Crippen molar-refractivity contribution in [1.82, 2.24) is 9.88 Å². The van der Waals surface area contributed by atoms with Gasteiger partial charge in [0.25, 0.3) is 5.91 Å². The van der Waals surface area contributed by atoms with E-state index in [0.717, 1.165) is 18.4 Å². The van der Waals surface area contributed by atoms with E-state index in [9.17, 15) is 14.7 Å². The number of pyridine rings is 1. The number of hydrogen-bond acceptors (Lipinski definition) is 4. The van der Waals surface area contributed by atoms with Crippen LogP contribution >= 0.6 is 0 Å². The molecule has 27 heavy (non-hydrogen) atoms. The molecule has 1 saturated carbocycles. The smallest absolute Gasteiger partial charge is 0.311 e. The Kier molecular flexibility index (Phi) is 4.56. The molecule has 2 fully saturated rings. The van der Waals surface area contributed by atoms with Crippen LogP contribution in [-0.2, 0) is 11.4 Å². The summed E-state index contributed by atoms with van der Waals surface area (Å²) < 4.78 is 5.70. The molecule has 1 amide bonds. The summed E-state index contributed by atoms with van der Waals surface area (Å²) in [7, 11) is 0. The molecule has 2 atom stereocenters. The van der Waals surface area contributed by atoms with Crippen molar-refractivity contribution in [3.8, 4) is 5.88 Å². The van der Waals surface area contributed by atoms with E-state index in [1.807, 2.05) is 30.3 Å². The highest BCUT2D eigenvalue weighted by Gasteiger charge is 2.55. The number of carboxylic acid groups (broad SMARTS) is 1. The molecular weight excluding hydrogens is 344 g/mol. The number of aliphatic carboxylic acids is 1. The Morgan fingerprint density at radius 3 is 2.81 bits per heavy atom. The standard InChI is InChI=1S/C21H22N2O4/c24-19(23-12-17-7-4-9-21(17,14-23)20(25)26)16-8-10-22-18(11-16)27-13-15-5-2-1-3-6-15/h1-3,5-6,8,10-11,17H,4,7,9,12-14H2,(H,25,26)/t17-,21+/m0/s1. The predicted octanol–water partition coefficient (Wildman–Crippen LogP) is 2.99. The zero-order valence-electron chi connectivity index (χ0n) is 15.0. The fourth-order valence-electron chi connectivity index (χ4n) is 4.33. The molecule has 6 heteroatoms. The predicted molar refractivity (Wildman–Crippen MR) is 98.3 cm³/mol.